The lowest BCUT2D eigenvalue weighted by atomic mass is 10.1. The Bertz CT molecular complexity index is 296. The second-order valence-corrected chi connectivity index (χ2v) is 6.71. The smallest absolute Gasteiger partial charge is 0.344 e. The zero-order chi connectivity index (χ0) is 15.4. The van der Waals surface area contributed by atoms with Gasteiger partial charge in [0.15, 0.2) is 5.66 Å². The van der Waals surface area contributed by atoms with Crippen LogP contribution in [0.2, 0.25) is 0 Å². The molecule has 0 aromatic rings. The molecule has 0 saturated heterocycles. The van der Waals surface area contributed by atoms with Gasteiger partial charge in [0, 0.05) is 0 Å². The van der Waals surface area contributed by atoms with Gasteiger partial charge in [-0.1, -0.05) is 32.6 Å². The van der Waals surface area contributed by atoms with Crippen molar-refractivity contribution in [3.63, 3.8) is 0 Å². The topological polar surface area (TPSA) is 61.8 Å². The minimum absolute atomic E-state index is 0.252. The second kappa shape index (κ2) is 11.3. The van der Waals surface area contributed by atoms with Gasteiger partial charge in [0.25, 0.3) is 0 Å². The molecule has 0 aromatic carbocycles. The molecule has 5 nitrogen and oxygen atoms in total. The first-order valence-electron chi connectivity index (χ1n) is 7.61. The van der Waals surface area contributed by atoms with Gasteiger partial charge in [0.2, 0.25) is 0 Å². The molecule has 0 aliphatic carbocycles. The highest BCUT2D eigenvalue weighted by Crippen LogP contribution is 2.55. The summed E-state index contributed by atoms with van der Waals surface area (Å²) in [6, 6.07) is 0. The van der Waals surface area contributed by atoms with E-state index in [1.54, 1.807) is 20.8 Å². The minimum Gasteiger partial charge on any atom is -0.465 e. The van der Waals surface area contributed by atoms with Crippen LogP contribution in [0, 0.1) is 0 Å². The van der Waals surface area contributed by atoms with Crippen molar-refractivity contribution >= 4 is 13.6 Å². The highest BCUT2D eigenvalue weighted by molar-refractivity contribution is 7.55. The normalized spacial score (nSPS) is 13.2. The van der Waals surface area contributed by atoms with E-state index in [9.17, 15) is 9.36 Å². The summed E-state index contributed by atoms with van der Waals surface area (Å²) in [4.78, 5) is 12.0. The molecule has 0 saturated carbocycles. The molecule has 0 bridgehead atoms. The van der Waals surface area contributed by atoms with Crippen molar-refractivity contribution < 1.29 is 23.1 Å². The van der Waals surface area contributed by atoms with Crippen molar-refractivity contribution in [2.45, 2.75) is 65.5 Å². The summed E-state index contributed by atoms with van der Waals surface area (Å²) < 4.78 is 28.4. The molecular formula is C14H29O5P. The highest BCUT2D eigenvalue weighted by Gasteiger charge is 2.41. The first-order chi connectivity index (χ1) is 9.55. The van der Waals surface area contributed by atoms with Crippen LogP contribution in [-0.2, 0) is 23.1 Å². The molecule has 0 N–H and O–H groups in total. The molecule has 0 aromatic heterocycles. The van der Waals surface area contributed by atoms with Crippen LogP contribution < -0.4 is 0 Å². The van der Waals surface area contributed by atoms with E-state index in [1.807, 2.05) is 0 Å². The molecule has 0 radical (unpaired) electrons. The van der Waals surface area contributed by atoms with Crippen LogP contribution in [0.15, 0.2) is 0 Å². The number of carbonyl (C=O) groups is 1. The van der Waals surface area contributed by atoms with E-state index < -0.39 is 19.2 Å². The SMILES string of the molecule is CCCCCC[C@@H](C(=O)OCC)P(=O)(OCC)OCC. The molecule has 0 spiro atoms. The van der Waals surface area contributed by atoms with E-state index in [1.165, 1.54) is 0 Å². The third-order valence-electron chi connectivity index (χ3n) is 2.89. The van der Waals surface area contributed by atoms with Crippen LogP contribution in [0.1, 0.15) is 59.8 Å². The number of hydrogen-bond acceptors (Lipinski definition) is 5. The molecule has 6 heteroatoms. The summed E-state index contributed by atoms with van der Waals surface area (Å²) in [5.41, 5.74) is -0.806. The molecule has 0 aliphatic heterocycles. The van der Waals surface area contributed by atoms with Crippen LogP contribution in [0.3, 0.4) is 0 Å². The number of hydrogen-bond donors (Lipinski definition) is 0. The van der Waals surface area contributed by atoms with Crippen molar-refractivity contribution in [3.05, 3.63) is 0 Å². The highest BCUT2D eigenvalue weighted by atomic mass is 31.2. The lowest BCUT2D eigenvalue weighted by molar-refractivity contribution is -0.143. The van der Waals surface area contributed by atoms with E-state index in [0.29, 0.717) is 6.42 Å². The molecule has 1 atom stereocenters. The standard InChI is InChI=1S/C14H29O5P/c1-5-9-10-11-12-13(14(15)17-6-2)20(16,18-7-3)19-8-4/h13H,5-12H2,1-4H3/t13-/m0/s1. The quantitative estimate of drug-likeness (QED) is 0.308. The lowest BCUT2D eigenvalue weighted by Crippen LogP contribution is -2.26. The third kappa shape index (κ3) is 6.87. The number of ether oxygens (including phenoxy) is 1. The van der Waals surface area contributed by atoms with Gasteiger partial charge in [0.1, 0.15) is 0 Å². The molecule has 0 amide bonds. The summed E-state index contributed by atoms with van der Waals surface area (Å²) >= 11 is 0. The predicted molar refractivity (Wildman–Crippen MR) is 80.0 cm³/mol. The Morgan fingerprint density at radius 2 is 1.55 bits per heavy atom. The number of unbranched alkanes of at least 4 members (excludes halogenated alkanes) is 3. The summed E-state index contributed by atoms with van der Waals surface area (Å²) in [7, 11) is -3.44. The average Bonchev–Trinajstić information content (AvgIpc) is 2.39. The zero-order valence-electron chi connectivity index (χ0n) is 13.2. The Labute approximate surface area is 122 Å². The molecule has 0 heterocycles. The third-order valence-corrected chi connectivity index (χ3v) is 5.36. The van der Waals surface area contributed by atoms with E-state index >= 15 is 0 Å². The van der Waals surface area contributed by atoms with Gasteiger partial charge >= 0.3 is 13.6 Å². The monoisotopic (exact) mass is 308 g/mol. The lowest BCUT2D eigenvalue weighted by Gasteiger charge is -2.24. The fraction of sp³-hybridized carbons (Fsp3) is 0.929. The Morgan fingerprint density at radius 1 is 0.950 bits per heavy atom. The average molecular weight is 308 g/mol. The van der Waals surface area contributed by atoms with Crippen LogP contribution >= 0.6 is 7.60 Å². The van der Waals surface area contributed by atoms with E-state index in [0.717, 1.165) is 25.7 Å². The van der Waals surface area contributed by atoms with Gasteiger partial charge in [-0.15, -0.1) is 0 Å². The Kier molecular flexibility index (Phi) is 11.1. The van der Waals surface area contributed by atoms with Crippen molar-refractivity contribution in [2.75, 3.05) is 19.8 Å². The molecular weight excluding hydrogens is 279 g/mol. The number of rotatable bonds is 12. The van der Waals surface area contributed by atoms with Gasteiger partial charge in [-0.2, -0.15) is 0 Å². The van der Waals surface area contributed by atoms with Crippen LogP contribution in [0.4, 0.5) is 0 Å². The Morgan fingerprint density at radius 3 is 2.00 bits per heavy atom. The fourth-order valence-corrected chi connectivity index (χ4v) is 3.97. The Balaban J connectivity index is 4.85. The maximum atomic E-state index is 12.7. The zero-order valence-corrected chi connectivity index (χ0v) is 14.1. The van der Waals surface area contributed by atoms with Crippen molar-refractivity contribution in [1.82, 2.24) is 0 Å². The number of carbonyl (C=O) groups excluding carboxylic acids is 1. The predicted octanol–water partition coefficient (Wildman–Crippen LogP) is 4.15. The van der Waals surface area contributed by atoms with E-state index in [-0.39, 0.29) is 19.8 Å². The summed E-state index contributed by atoms with van der Waals surface area (Å²) in [5, 5.41) is 0. The van der Waals surface area contributed by atoms with Crippen molar-refractivity contribution in [2.24, 2.45) is 0 Å². The fourth-order valence-electron chi connectivity index (χ4n) is 1.99. The maximum Gasteiger partial charge on any atom is 0.344 e. The molecule has 120 valence electrons. The summed E-state index contributed by atoms with van der Waals surface area (Å²) in [5.74, 6) is -0.478. The molecule has 0 fully saturated rings. The van der Waals surface area contributed by atoms with Crippen molar-refractivity contribution in [3.8, 4) is 0 Å². The molecule has 0 rings (SSSR count). The first-order valence-corrected chi connectivity index (χ1v) is 9.22. The van der Waals surface area contributed by atoms with Gasteiger partial charge in [-0.3, -0.25) is 9.36 Å². The minimum atomic E-state index is -3.44. The largest absolute Gasteiger partial charge is 0.465 e. The Hall–Kier alpha value is -0.380. The van der Waals surface area contributed by atoms with Gasteiger partial charge in [-0.25, -0.2) is 0 Å². The van der Waals surface area contributed by atoms with E-state index in [2.05, 4.69) is 6.92 Å². The van der Waals surface area contributed by atoms with Gasteiger partial charge in [-0.05, 0) is 27.2 Å². The van der Waals surface area contributed by atoms with Crippen LogP contribution in [-0.4, -0.2) is 31.4 Å². The molecule has 0 unspecified atom stereocenters. The number of esters is 1. The van der Waals surface area contributed by atoms with Crippen molar-refractivity contribution in [1.29, 1.82) is 0 Å². The maximum absolute atomic E-state index is 12.7. The van der Waals surface area contributed by atoms with Gasteiger partial charge < -0.3 is 13.8 Å². The summed E-state index contributed by atoms with van der Waals surface area (Å²) in [6.07, 6.45) is 4.52. The second-order valence-electron chi connectivity index (χ2n) is 4.49. The summed E-state index contributed by atoms with van der Waals surface area (Å²) in [6.45, 7) is 8.11. The van der Waals surface area contributed by atoms with Crippen LogP contribution in [0.25, 0.3) is 0 Å². The first kappa shape index (κ1) is 19.6. The molecule has 0 aliphatic rings. The molecule has 20 heavy (non-hydrogen) atoms. The van der Waals surface area contributed by atoms with E-state index in [4.69, 9.17) is 13.8 Å². The van der Waals surface area contributed by atoms with Crippen LogP contribution in [0.5, 0.6) is 0 Å². The van der Waals surface area contributed by atoms with Gasteiger partial charge in [0.05, 0.1) is 19.8 Å².